The Hall–Kier alpha value is -0.640. The third-order valence-electron chi connectivity index (χ3n) is 0.776. The van der Waals surface area contributed by atoms with Crippen LogP contribution in [0.2, 0.25) is 0 Å². The van der Waals surface area contributed by atoms with Crippen molar-refractivity contribution in [3.63, 3.8) is 0 Å². The second-order valence-corrected chi connectivity index (χ2v) is 2.17. The van der Waals surface area contributed by atoms with Crippen molar-refractivity contribution in [1.29, 1.82) is 0 Å². The van der Waals surface area contributed by atoms with Gasteiger partial charge in [0.25, 0.3) is 0 Å². The molecule has 0 saturated carbocycles. The molecule has 1 rings (SSSR count). The van der Waals surface area contributed by atoms with E-state index in [1.54, 1.807) is 5.51 Å². The summed E-state index contributed by atoms with van der Waals surface area (Å²) in [5.74, 6) is 0. The number of rotatable bonds is 3. The van der Waals surface area contributed by atoms with Gasteiger partial charge in [0, 0.05) is 0 Å². The van der Waals surface area contributed by atoms with E-state index in [1.807, 2.05) is 6.92 Å². The van der Waals surface area contributed by atoms with Crippen LogP contribution in [-0.2, 0) is 0 Å². The van der Waals surface area contributed by atoms with Gasteiger partial charge in [-0.2, -0.15) is 4.98 Å². The summed E-state index contributed by atoms with van der Waals surface area (Å²) in [7, 11) is 0. The fourth-order valence-electron chi connectivity index (χ4n) is 0.418. The molecule has 9 heavy (non-hydrogen) atoms. The van der Waals surface area contributed by atoms with Crippen molar-refractivity contribution < 1.29 is 4.74 Å². The molecule has 0 radical (unpaired) electrons. The molecule has 1 aromatic heterocycles. The summed E-state index contributed by atoms with van der Waals surface area (Å²) in [6, 6.07) is 0.502. The van der Waals surface area contributed by atoms with Gasteiger partial charge in [-0.15, -0.1) is 4.37 Å². The van der Waals surface area contributed by atoms with Crippen LogP contribution in [0.1, 0.15) is 13.3 Å². The second kappa shape index (κ2) is 3.40. The lowest BCUT2D eigenvalue weighted by molar-refractivity contribution is 0.296. The molecule has 0 amide bonds. The molecule has 3 nitrogen and oxygen atoms in total. The van der Waals surface area contributed by atoms with E-state index >= 15 is 0 Å². The van der Waals surface area contributed by atoms with Gasteiger partial charge in [-0.05, 0) is 18.0 Å². The lowest BCUT2D eigenvalue weighted by Crippen LogP contribution is -1.95. The molecule has 4 heteroatoms. The molecule has 0 atom stereocenters. The smallest absolute Gasteiger partial charge is 0.328 e. The van der Waals surface area contributed by atoms with Gasteiger partial charge in [-0.25, -0.2) is 0 Å². The lowest BCUT2D eigenvalue weighted by Gasteiger charge is -1.94. The Bertz CT molecular complexity index is 152. The van der Waals surface area contributed by atoms with Crippen LogP contribution in [0.15, 0.2) is 5.51 Å². The molecule has 0 N–H and O–H groups in total. The molecule has 0 spiro atoms. The van der Waals surface area contributed by atoms with E-state index < -0.39 is 0 Å². The Kier molecular flexibility index (Phi) is 2.45. The molecule has 0 aliphatic rings. The molecular weight excluding hydrogens is 136 g/mol. The first kappa shape index (κ1) is 6.48. The summed E-state index contributed by atoms with van der Waals surface area (Å²) in [5.41, 5.74) is 1.66. The molecule has 0 aromatic carbocycles. The highest BCUT2D eigenvalue weighted by Crippen LogP contribution is 2.02. The monoisotopic (exact) mass is 144 g/mol. The number of ether oxygens (including phenoxy) is 1. The summed E-state index contributed by atoms with van der Waals surface area (Å²) < 4.78 is 8.95. The van der Waals surface area contributed by atoms with Crippen LogP contribution in [0.3, 0.4) is 0 Å². The van der Waals surface area contributed by atoms with Gasteiger partial charge in [-0.1, -0.05) is 6.92 Å². The molecule has 0 aliphatic carbocycles. The maximum absolute atomic E-state index is 5.08. The van der Waals surface area contributed by atoms with Crippen molar-refractivity contribution in [2.75, 3.05) is 6.61 Å². The highest BCUT2D eigenvalue weighted by Gasteiger charge is 1.92. The minimum atomic E-state index is 0.502. The molecule has 0 bridgehead atoms. The van der Waals surface area contributed by atoms with E-state index in [0.29, 0.717) is 12.6 Å². The third kappa shape index (κ3) is 1.97. The molecule has 0 saturated heterocycles. The molecule has 0 unspecified atom stereocenters. The maximum atomic E-state index is 5.08. The zero-order chi connectivity index (χ0) is 6.53. The number of hydrogen-bond donors (Lipinski definition) is 0. The highest BCUT2D eigenvalue weighted by molar-refractivity contribution is 7.03. The van der Waals surface area contributed by atoms with Gasteiger partial charge >= 0.3 is 6.01 Å². The van der Waals surface area contributed by atoms with Crippen LogP contribution in [0.4, 0.5) is 0 Å². The molecular formula is C5H8N2OS. The SMILES string of the molecule is CCCOc1ncsn1. The minimum absolute atomic E-state index is 0.502. The zero-order valence-corrected chi connectivity index (χ0v) is 6.02. The summed E-state index contributed by atoms with van der Waals surface area (Å²) in [6.07, 6.45) is 0.999. The third-order valence-corrected chi connectivity index (χ3v) is 1.24. The van der Waals surface area contributed by atoms with Gasteiger partial charge < -0.3 is 4.74 Å². The Morgan fingerprint density at radius 1 is 1.78 bits per heavy atom. The normalized spacial score (nSPS) is 9.44. The largest absolute Gasteiger partial charge is 0.463 e. The van der Waals surface area contributed by atoms with Gasteiger partial charge in [-0.3, -0.25) is 0 Å². The van der Waals surface area contributed by atoms with E-state index in [4.69, 9.17) is 4.74 Å². The second-order valence-electron chi connectivity index (χ2n) is 1.56. The van der Waals surface area contributed by atoms with Crippen molar-refractivity contribution in [2.45, 2.75) is 13.3 Å². The summed E-state index contributed by atoms with van der Waals surface area (Å²) in [6.45, 7) is 2.75. The topological polar surface area (TPSA) is 35.0 Å². The first-order chi connectivity index (χ1) is 4.43. The minimum Gasteiger partial charge on any atom is -0.463 e. The van der Waals surface area contributed by atoms with Crippen LogP contribution in [-0.4, -0.2) is 16.0 Å². The van der Waals surface area contributed by atoms with Crippen molar-refractivity contribution in [1.82, 2.24) is 9.36 Å². The highest BCUT2D eigenvalue weighted by atomic mass is 32.1. The van der Waals surface area contributed by atoms with E-state index in [1.165, 1.54) is 11.5 Å². The van der Waals surface area contributed by atoms with Crippen LogP contribution < -0.4 is 4.74 Å². The lowest BCUT2D eigenvalue weighted by atomic mass is 10.5. The molecule has 0 fully saturated rings. The Labute approximate surface area is 57.9 Å². The Balaban J connectivity index is 2.30. The Morgan fingerprint density at radius 2 is 2.67 bits per heavy atom. The van der Waals surface area contributed by atoms with E-state index in [0.717, 1.165) is 6.42 Å². The maximum Gasteiger partial charge on any atom is 0.328 e. The number of aromatic nitrogens is 2. The number of nitrogens with zero attached hydrogens (tertiary/aromatic N) is 2. The van der Waals surface area contributed by atoms with Crippen molar-refractivity contribution in [3.05, 3.63) is 5.51 Å². The fourth-order valence-corrected chi connectivity index (χ4v) is 0.792. The summed E-state index contributed by atoms with van der Waals surface area (Å²) in [4.78, 5) is 3.84. The van der Waals surface area contributed by atoms with Crippen molar-refractivity contribution in [3.8, 4) is 6.01 Å². The van der Waals surface area contributed by atoms with Crippen LogP contribution in [0.5, 0.6) is 6.01 Å². The zero-order valence-electron chi connectivity index (χ0n) is 5.20. The average Bonchev–Trinajstić information content (AvgIpc) is 2.34. The van der Waals surface area contributed by atoms with Crippen molar-refractivity contribution in [2.24, 2.45) is 0 Å². The Morgan fingerprint density at radius 3 is 3.22 bits per heavy atom. The van der Waals surface area contributed by atoms with Crippen molar-refractivity contribution >= 4 is 11.5 Å². The molecule has 0 aliphatic heterocycles. The van der Waals surface area contributed by atoms with Gasteiger partial charge in [0.15, 0.2) is 0 Å². The first-order valence-corrected chi connectivity index (χ1v) is 3.66. The summed E-state index contributed by atoms with van der Waals surface area (Å²) in [5, 5.41) is 0. The quantitative estimate of drug-likeness (QED) is 0.641. The molecule has 1 aromatic rings. The van der Waals surface area contributed by atoms with Gasteiger partial charge in [0.05, 0.1) is 6.61 Å². The van der Waals surface area contributed by atoms with E-state index in [9.17, 15) is 0 Å². The van der Waals surface area contributed by atoms with Crippen LogP contribution in [0.25, 0.3) is 0 Å². The van der Waals surface area contributed by atoms with Crippen LogP contribution in [0, 0.1) is 0 Å². The average molecular weight is 144 g/mol. The fraction of sp³-hybridized carbons (Fsp3) is 0.600. The summed E-state index contributed by atoms with van der Waals surface area (Å²) >= 11 is 1.30. The van der Waals surface area contributed by atoms with Gasteiger partial charge in [0.2, 0.25) is 0 Å². The standard InChI is InChI=1S/C5H8N2OS/c1-2-3-8-5-6-4-9-7-5/h4H,2-3H2,1H3. The van der Waals surface area contributed by atoms with Gasteiger partial charge in [0.1, 0.15) is 5.51 Å². The number of hydrogen-bond acceptors (Lipinski definition) is 4. The van der Waals surface area contributed by atoms with Crippen LogP contribution >= 0.6 is 11.5 Å². The van der Waals surface area contributed by atoms with E-state index in [2.05, 4.69) is 9.36 Å². The predicted molar refractivity (Wildman–Crippen MR) is 35.7 cm³/mol. The predicted octanol–water partition coefficient (Wildman–Crippen LogP) is 1.33. The molecule has 1 heterocycles. The first-order valence-electron chi connectivity index (χ1n) is 2.82. The van der Waals surface area contributed by atoms with E-state index in [-0.39, 0.29) is 0 Å². The molecule has 50 valence electrons.